The van der Waals surface area contributed by atoms with Gasteiger partial charge in [0.25, 0.3) is 0 Å². The zero-order valence-electron chi connectivity index (χ0n) is 14.5. The van der Waals surface area contributed by atoms with E-state index in [0.29, 0.717) is 10.9 Å². The minimum Gasteiger partial charge on any atom is -0.425 e. The lowest BCUT2D eigenvalue weighted by Crippen LogP contribution is -2.21. The molecule has 1 aromatic carbocycles. The number of ether oxygens (including phenoxy) is 1. The maximum absolute atomic E-state index is 12.3. The van der Waals surface area contributed by atoms with Crippen molar-refractivity contribution in [1.29, 1.82) is 0 Å². The summed E-state index contributed by atoms with van der Waals surface area (Å²) >= 11 is 1.33. The summed E-state index contributed by atoms with van der Waals surface area (Å²) in [6.45, 7) is 10.2. The molecule has 1 unspecified atom stereocenters. The van der Waals surface area contributed by atoms with Crippen LogP contribution in [-0.4, -0.2) is 26.0 Å². The maximum Gasteiger partial charge on any atom is 0.324 e. The number of hydrogen-bond acceptors (Lipinski definition) is 5. The predicted octanol–water partition coefficient (Wildman–Crippen LogP) is 3.51. The number of nitrogens with zero attached hydrogens (tertiary/aromatic N) is 3. The molecule has 0 radical (unpaired) electrons. The number of aryl methyl sites for hydroxylation is 2. The Bertz CT molecular complexity index is 704. The number of esters is 1. The average molecular weight is 333 g/mol. The quantitative estimate of drug-likeness (QED) is 0.487. The maximum atomic E-state index is 12.3. The molecule has 0 spiro atoms. The number of aromatic nitrogens is 3. The van der Waals surface area contributed by atoms with E-state index in [0.717, 1.165) is 5.56 Å². The summed E-state index contributed by atoms with van der Waals surface area (Å²) in [7, 11) is 1.84. The molecule has 5 nitrogen and oxygen atoms in total. The van der Waals surface area contributed by atoms with Crippen molar-refractivity contribution in [3.05, 3.63) is 35.7 Å². The third kappa shape index (κ3) is 4.34. The molecule has 2 rings (SSSR count). The van der Waals surface area contributed by atoms with Gasteiger partial charge in [0.15, 0.2) is 5.16 Å². The van der Waals surface area contributed by atoms with E-state index in [2.05, 4.69) is 37.0 Å². The van der Waals surface area contributed by atoms with Crippen LogP contribution in [0.4, 0.5) is 0 Å². The molecule has 1 atom stereocenters. The molecule has 2 aromatic rings. The molecule has 23 heavy (non-hydrogen) atoms. The Kier molecular flexibility index (Phi) is 5.14. The van der Waals surface area contributed by atoms with E-state index >= 15 is 0 Å². The SMILES string of the molecule is Cc1cc(C(C)(C)C)ccc1OC(=O)C(C)Sc1nncn1C. The van der Waals surface area contributed by atoms with Crippen molar-refractivity contribution >= 4 is 17.7 Å². The molecule has 0 fully saturated rings. The van der Waals surface area contributed by atoms with Gasteiger partial charge in [-0.2, -0.15) is 0 Å². The molecular weight excluding hydrogens is 310 g/mol. The van der Waals surface area contributed by atoms with Gasteiger partial charge < -0.3 is 9.30 Å². The van der Waals surface area contributed by atoms with Crippen LogP contribution in [0.1, 0.15) is 38.8 Å². The van der Waals surface area contributed by atoms with E-state index < -0.39 is 0 Å². The largest absolute Gasteiger partial charge is 0.425 e. The van der Waals surface area contributed by atoms with E-state index in [4.69, 9.17) is 4.74 Å². The molecular formula is C17H23N3O2S. The molecule has 0 aliphatic carbocycles. The van der Waals surface area contributed by atoms with Crippen molar-refractivity contribution in [2.45, 2.75) is 50.4 Å². The lowest BCUT2D eigenvalue weighted by molar-refractivity contribution is -0.133. The first kappa shape index (κ1) is 17.5. The van der Waals surface area contributed by atoms with Gasteiger partial charge in [-0.15, -0.1) is 10.2 Å². The Morgan fingerprint density at radius 3 is 2.57 bits per heavy atom. The second-order valence-electron chi connectivity index (χ2n) is 6.64. The van der Waals surface area contributed by atoms with Gasteiger partial charge in [0.2, 0.25) is 0 Å². The van der Waals surface area contributed by atoms with Gasteiger partial charge >= 0.3 is 5.97 Å². The molecule has 0 aliphatic heterocycles. The highest BCUT2D eigenvalue weighted by Gasteiger charge is 2.21. The fraction of sp³-hybridized carbons (Fsp3) is 0.471. The van der Waals surface area contributed by atoms with Crippen LogP contribution in [0.5, 0.6) is 5.75 Å². The van der Waals surface area contributed by atoms with Crippen molar-refractivity contribution in [2.75, 3.05) is 0 Å². The summed E-state index contributed by atoms with van der Waals surface area (Å²) in [5.74, 6) is 0.318. The Morgan fingerprint density at radius 1 is 1.35 bits per heavy atom. The number of carbonyl (C=O) groups excluding carboxylic acids is 1. The van der Waals surface area contributed by atoms with Gasteiger partial charge in [0, 0.05) is 7.05 Å². The Hall–Kier alpha value is -1.82. The minimum atomic E-state index is -0.361. The summed E-state index contributed by atoms with van der Waals surface area (Å²) in [5, 5.41) is 8.10. The van der Waals surface area contributed by atoms with E-state index in [1.807, 2.05) is 26.1 Å². The normalized spacial score (nSPS) is 13.0. The van der Waals surface area contributed by atoms with Gasteiger partial charge in [-0.3, -0.25) is 4.79 Å². The Balaban J connectivity index is 2.06. The molecule has 1 aromatic heterocycles. The van der Waals surface area contributed by atoms with E-state index in [1.54, 1.807) is 17.8 Å². The molecule has 0 amide bonds. The zero-order chi connectivity index (χ0) is 17.2. The number of rotatable bonds is 4. The van der Waals surface area contributed by atoms with Gasteiger partial charge in [-0.1, -0.05) is 44.7 Å². The molecule has 6 heteroatoms. The second kappa shape index (κ2) is 6.74. The molecule has 124 valence electrons. The summed E-state index contributed by atoms with van der Waals surface area (Å²) in [6.07, 6.45) is 1.61. The molecule has 0 saturated heterocycles. The fourth-order valence-corrected chi connectivity index (χ4v) is 2.78. The lowest BCUT2D eigenvalue weighted by atomic mass is 9.86. The van der Waals surface area contributed by atoms with E-state index in [1.165, 1.54) is 17.3 Å². The van der Waals surface area contributed by atoms with E-state index in [9.17, 15) is 4.79 Å². The van der Waals surface area contributed by atoms with Crippen LogP contribution in [0.2, 0.25) is 0 Å². The topological polar surface area (TPSA) is 57.0 Å². The standard InChI is InChI=1S/C17H23N3O2S/c1-11-9-13(17(3,4)5)7-8-14(11)22-15(21)12(2)23-16-19-18-10-20(16)6/h7-10,12H,1-6H3. The summed E-state index contributed by atoms with van der Waals surface area (Å²) in [4.78, 5) is 12.3. The van der Waals surface area contributed by atoms with Crippen LogP contribution in [-0.2, 0) is 17.3 Å². The third-order valence-electron chi connectivity index (χ3n) is 3.54. The molecule has 1 heterocycles. The van der Waals surface area contributed by atoms with Crippen molar-refractivity contribution < 1.29 is 9.53 Å². The summed E-state index contributed by atoms with van der Waals surface area (Å²) in [6, 6.07) is 5.95. The first-order valence-corrected chi connectivity index (χ1v) is 8.40. The van der Waals surface area contributed by atoms with Crippen LogP contribution < -0.4 is 4.74 Å². The molecule has 0 bridgehead atoms. The van der Waals surface area contributed by atoms with Crippen molar-refractivity contribution in [3.8, 4) is 5.75 Å². The average Bonchev–Trinajstić information content (AvgIpc) is 2.85. The van der Waals surface area contributed by atoms with Crippen molar-refractivity contribution in [3.63, 3.8) is 0 Å². The van der Waals surface area contributed by atoms with Crippen molar-refractivity contribution in [1.82, 2.24) is 14.8 Å². The number of carbonyl (C=O) groups is 1. The summed E-state index contributed by atoms with van der Waals surface area (Å²) < 4.78 is 7.32. The number of benzene rings is 1. The van der Waals surface area contributed by atoms with Gasteiger partial charge in [0.1, 0.15) is 17.3 Å². The Morgan fingerprint density at radius 2 is 2.04 bits per heavy atom. The van der Waals surface area contributed by atoms with Gasteiger partial charge in [-0.25, -0.2) is 0 Å². The number of hydrogen-bond donors (Lipinski definition) is 0. The molecule has 0 N–H and O–H groups in total. The smallest absolute Gasteiger partial charge is 0.324 e. The molecule has 0 aliphatic rings. The summed E-state index contributed by atoms with van der Waals surface area (Å²) in [5.41, 5.74) is 2.25. The van der Waals surface area contributed by atoms with E-state index in [-0.39, 0.29) is 16.6 Å². The predicted molar refractivity (Wildman–Crippen MR) is 91.8 cm³/mol. The fourth-order valence-electron chi connectivity index (χ4n) is 2.01. The number of thioether (sulfide) groups is 1. The lowest BCUT2D eigenvalue weighted by Gasteiger charge is -2.20. The molecule has 0 saturated carbocycles. The first-order valence-electron chi connectivity index (χ1n) is 7.52. The monoisotopic (exact) mass is 333 g/mol. The van der Waals surface area contributed by atoms with Crippen LogP contribution in [0, 0.1) is 6.92 Å². The van der Waals surface area contributed by atoms with Crippen molar-refractivity contribution in [2.24, 2.45) is 7.05 Å². The Labute approximate surface area is 141 Å². The first-order chi connectivity index (χ1) is 10.7. The van der Waals surface area contributed by atoms with Crippen LogP contribution in [0.3, 0.4) is 0 Å². The van der Waals surface area contributed by atoms with Gasteiger partial charge in [-0.05, 0) is 36.5 Å². The highest BCUT2D eigenvalue weighted by atomic mass is 32.2. The van der Waals surface area contributed by atoms with Crippen LogP contribution in [0.25, 0.3) is 0 Å². The zero-order valence-corrected chi connectivity index (χ0v) is 15.3. The van der Waals surface area contributed by atoms with Gasteiger partial charge in [0.05, 0.1) is 0 Å². The highest BCUT2D eigenvalue weighted by molar-refractivity contribution is 8.00. The van der Waals surface area contributed by atoms with Crippen LogP contribution >= 0.6 is 11.8 Å². The minimum absolute atomic E-state index is 0.0711. The highest BCUT2D eigenvalue weighted by Crippen LogP contribution is 2.28. The van der Waals surface area contributed by atoms with Crippen LogP contribution in [0.15, 0.2) is 29.7 Å². The second-order valence-corrected chi connectivity index (χ2v) is 7.94. The third-order valence-corrected chi connectivity index (χ3v) is 4.66.